The molecule has 0 aromatic heterocycles. The van der Waals surface area contributed by atoms with Crippen LogP contribution in [-0.4, -0.2) is 49.1 Å². The number of halogens is 1. The summed E-state index contributed by atoms with van der Waals surface area (Å²) in [5.74, 6) is -3.66. The van der Waals surface area contributed by atoms with Crippen molar-refractivity contribution in [3.05, 3.63) is 66.0 Å². The Balaban J connectivity index is 2.09. The van der Waals surface area contributed by atoms with Gasteiger partial charge in [0.05, 0.1) is 10.6 Å². The number of carbonyl (C=O) groups is 3. The van der Waals surface area contributed by atoms with Crippen LogP contribution in [0.2, 0.25) is 0 Å². The van der Waals surface area contributed by atoms with Gasteiger partial charge in [0.25, 0.3) is 0 Å². The molecule has 2 aromatic rings. The van der Waals surface area contributed by atoms with Crippen molar-refractivity contribution in [3.8, 4) is 0 Å². The van der Waals surface area contributed by atoms with Crippen LogP contribution >= 0.6 is 0 Å². The van der Waals surface area contributed by atoms with E-state index in [-0.39, 0.29) is 17.7 Å². The molecule has 0 saturated carbocycles. The number of hydrogen-bond acceptors (Lipinski definition) is 5. The average Bonchev–Trinajstić information content (AvgIpc) is 2.72. The number of carbonyl (C=O) groups excluding carboxylic acids is 2. The molecular weight excluding hydrogens is 427 g/mol. The zero-order valence-electron chi connectivity index (χ0n) is 16.7. The highest BCUT2D eigenvalue weighted by atomic mass is 32.2. The quantitative estimate of drug-likeness (QED) is 0.500. The van der Waals surface area contributed by atoms with Gasteiger partial charge in [0.2, 0.25) is 11.8 Å². The minimum atomic E-state index is -3.74. The first-order chi connectivity index (χ1) is 14.6. The monoisotopic (exact) mass is 450 g/mol. The highest BCUT2D eigenvalue weighted by Gasteiger charge is 2.28. The second-order valence-corrected chi connectivity index (χ2v) is 9.01. The first-order valence-electron chi connectivity index (χ1n) is 9.41. The van der Waals surface area contributed by atoms with Crippen LogP contribution in [0.1, 0.15) is 18.9 Å². The third kappa shape index (κ3) is 7.49. The molecule has 166 valence electrons. The molecule has 8 nitrogen and oxygen atoms in total. The smallest absolute Gasteiger partial charge is 0.326 e. The largest absolute Gasteiger partial charge is 0.480 e. The first-order valence-corrected chi connectivity index (χ1v) is 11.1. The zero-order chi connectivity index (χ0) is 23.0. The number of hydrogen-bond donors (Lipinski definition) is 3. The topological polar surface area (TPSA) is 130 Å². The lowest BCUT2D eigenvalue weighted by atomic mass is 10.0. The Kier molecular flexibility index (Phi) is 8.26. The van der Waals surface area contributed by atoms with Gasteiger partial charge in [0.15, 0.2) is 9.84 Å². The van der Waals surface area contributed by atoms with E-state index in [4.69, 9.17) is 0 Å². The predicted octanol–water partition coefficient (Wildman–Crippen LogP) is 1.31. The van der Waals surface area contributed by atoms with Gasteiger partial charge in [-0.3, -0.25) is 9.59 Å². The number of benzene rings is 2. The molecule has 0 unspecified atom stereocenters. The van der Waals surface area contributed by atoms with E-state index in [9.17, 15) is 32.3 Å². The highest BCUT2D eigenvalue weighted by Crippen LogP contribution is 2.13. The fourth-order valence-electron chi connectivity index (χ4n) is 2.86. The third-order valence-electron chi connectivity index (χ3n) is 4.44. The zero-order valence-corrected chi connectivity index (χ0v) is 17.6. The molecule has 0 fully saturated rings. The number of sulfone groups is 1. The van der Waals surface area contributed by atoms with Crippen molar-refractivity contribution in [2.75, 3.05) is 5.75 Å². The fourth-order valence-corrected chi connectivity index (χ4v) is 4.21. The van der Waals surface area contributed by atoms with Gasteiger partial charge in [-0.25, -0.2) is 17.6 Å². The van der Waals surface area contributed by atoms with E-state index in [1.165, 1.54) is 43.3 Å². The summed E-state index contributed by atoms with van der Waals surface area (Å²) in [6.45, 7) is 1.20. The molecule has 0 heterocycles. The van der Waals surface area contributed by atoms with E-state index in [0.29, 0.717) is 5.56 Å². The Bertz CT molecular complexity index is 1030. The van der Waals surface area contributed by atoms with Gasteiger partial charge in [-0.1, -0.05) is 30.3 Å². The molecule has 3 N–H and O–H groups in total. The molecule has 0 bridgehead atoms. The molecule has 2 aromatic carbocycles. The minimum Gasteiger partial charge on any atom is -0.480 e. The van der Waals surface area contributed by atoms with Gasteiger partial charge in [0.1, 0.15) is 17.9 Å². The van der Waals surface area contributed by atoms with Crippen LogP contribution in [0, 0.1) is 5.82 Å². The molecule has 31 heavy (non-hydrogen) atoms. The Labute approximate surface area is 179 Å². The molecule has 0 aliphatic rings. The maximum Gasteiger partial charge on any atom is 0.326 e. The summed E-state index contributed by atoms with van der Waals surface area (Å²) in [6, 6.07) is 10.3. The maximum atomic E-state index is 13.1. The van der Waals surface area contributed by atoms with E-state index in [1.807, 2.05) is 0 Å². The van der Waals surface area contributed by atoms with Crippen molar-refractivity contribution in [2.24, 2.45) is 0 Å². The fraction of sp³-hybridized carbons (Fsp3) is 0.286. The Morgan fingerprint density at radius 3 is 2.13 bits per heavy atom. The van der Waals surface area contributed by atoms with Crippen molar-refractivity contribution in [2.45, 2.75) is 36.7 Å². The summed E-state index contributed by atoms with van der Waals surface area (Å²) in [6.07, 6.45) is -0.359. The van der Waals surface area contributed by atoms with Gasteiger partial charge in [0, 0.05) is 13.3 Å². The van der Waals surface area contributed by atoms with Crippen LogP contribution in [0.25, 0.3) is 0 Å². The average molecular weight is 450 g/mol. The molecule has 2 atom stereocenters. The molecule has 0 aliphatic carbocycles. The number of rotatable bonds is 10. The maximum absolute atomic E-state index is 13.1. The number of carboxylic acid groups (broad SMARTS) is 1. The molecule has 0 radical (unpaired) electrons. The third-order valence-corrected chi connectivity index (χ3v) is 6.20. The second-order valence-electron chi connectivity index (χ2n) is 6.90. The Hall–Kier alpha value is -3.27. The van der Waals surface area contributed by atoms with Crippen molar-refractivity contribution in [1.82, 2.24) is 10.6 Å². The molecule has 0 spiro atoms. The van der Waals surface area contributed by atoms with E-state index < -0.39 is 51.3 Å². The van der Waals surface area contributed by atoms with Crippen LogP contribution in [0.15, 0.2) is 59.5 Å². The van der Waals surface area contributed by atoms with Crippen LogP contribution in [0.4, 0.5) is 4.39 Å². The highest BCUT2D eigenvalue weighted by molar-refractivity contribution is 7.91. The number of carboxylic acids is 1. The summed E-state index contributed by atoms with van der Waals surface area (Å²) in [5.41, 5.74) is 0.550. The lowest BCUT2D eigenvalue weighted by Gasteiger charge is -2.21. The van der Waals surface area contributed by atoms with Gasteiger partial charge < -0.3 is 15.7 Å². The van der Waals surface area contributed by atoms with Gasteiger partial charge in [-0.15, -0.1) is 0 Å². The lowest BCUT2D eigenvalue weighted by Crippen LogP contribution is -2.52. The summed E-state index contributed by atoms with van der Waals surface area (Å²) in [5, 5.41) is 14.2. The van der Waals surface area contributed by atoms with E-state index in [2.05, 4.69) is 10.6 Å². The lowest BCUT2D eigenvalue weighted by molar-refractivity contribution is -0.142. The first kappa shape index (κ1) is 24.0. The summed E-state index contributed by atoms with van der Waals surface area (Å²) >= 11 is 0. The van der Waals surface area contributed by atoms with Gasteiger partial charge >= 0.3 is 5.97 Å². The van der Waals surface area contributed by atoms with Crippen LogP contribution in [0.5, 0.6) is 0 Å². The molecule has 2 amide bonds. The Morgan fingerprint density at radius 2 is 1.58 bits per heavy atom. The molecule has 2 rings (SSSR count). The van der Waals surface area contributed by atoms with Crippen molar-refractivity contribution in [1.29, 1.82) is 0 Å². The van der Waals surface area contributed by atoms with Crippen LogP contribution < -0.4 is 10.6 Å². The minimum absolute atomic E-state index is 0.000344. The van der Waals surface area contributed by atoms with E-state index in [0.717, 1.165) is 0 Å². The normalized spacial score (nSPS) is 13.1. The van der Waals surface area contributed by atoms with E-state index >= 15 is 0 Å². The van der Waals surface area contributed by atoms with Gasteiger partial charge in [-0.05, 0) is 36.2 Å². The van der Waals surface area contributed by atoms with E-state index in [1.54, 1.807) is 18.2 Å². The summed E-state index contributed by atoms with van der Waals surface area (Å²) < 4.78 is 37.9. The molecular formula is C21H23FN2O6S. The molecule has 0 saturated heterocycles. The van der Waals surface area contributed by atoms with Crippen molar-refractivity contribution < 1.29 is 32.3 Å². The number of amides is 2. The molecule has 0 aliphatic heterocycles. The number of nitrogens with one attached hydrogen (secondary N) is 2. The molecule has 10 heteroatoms. The second kappa shape index (κ2) is 10.7. The van der Waals surface area contributed by atoms with Crippen LogP contribution in [-0.2, 0) is 30.6 Å². The van der Waals surface area contributed by atoms with Crippen molar-refractivity contribution in [3.63, 3.8) is 0 Å². The summed E-state index contributed by atoms with van der Waals surface area (Å²) in [4.78, 5) is 35.8. The standard InChI is InChI=1S/C21H23FN2O6S/c1-14(25)23-19(13-15-7-9-16(22)10-8-15)20(26)24-18(21(27)28)11-12-31(29,30)17-5-3-2-4-6-17/h2-10,18-19H,11-13H2,1H3,(H,23,25)(H,24,26)(H,27,28)/t18-,19-/m1/s1. The van der Waals surface area contributed by atoms with Gasteiger partial charge in [-0.2, -0.15) is 0 Å². The van der Waals surface area contributed by atoms with Crippen LogP contribution in [0.3, 0.4) is 0 Å². The Morgan fingerprint density at radius 1 is 0.968 bits per heavy atom. The number of aliphatic carboxylic acids is 1. The SMILES string of the molecule is CC(=O)N[C@H](Cc1ccc(F)cc1)C(=O)N[C@H](CCS(=O)(=O)c1ccccc1)C(=O)O. The van der Waals surface area contributed by atoms with Crippen molar-refractivity contribution >= 4 is 27.6 Å². The predicted molar refractivity (Wildman–Crippen MR) is 110 cm³/mol. The summed E-state index contributed by atoms with van der Waals surface area (Å²) in [7, 11) is -3.74.